The van der Waals surface area contributed by atoms with Gasteiger partial charge in [0.25, 0.3) is 5.91 Å². The zero-order valence-corrected chi connectivity index (χ0v) is 14.7. The first-order chi connectivity index (χ1) is 12.7. The molecule has 1 N–H and O–H groups in total. The number of anilines is 1. The number of carbonyl (C=O) groups excluding carboxylic acids is 2. The van der Waals surface area contributed by atoms with Crippen LogP contribution in [0.15, 0.2) is 48.5 Å². The SMILES string of the molecule is COc1ccc(CC(=O)Nc2cccc(C(=O)N3CCOCC3)c2)cc1. The first-order valence-corrected chi connectivity index (χ1v) is 8.55. The summed E-state index contributed by atoms with van der Waals surface area (Å²) in [6.07, 6.45) is 0.256. The van der Waals surface area contributed by atoms with Crippen LogP contribution in [0, 0.1) is 0 Å². The van der Waals surface area contributed by atoms with Crippen molar-refractivity contribution >= 4 is 17.5 Å². The zero-order valence-electron chi connectivity index (χ0n) is 14.7. The van der Waals surface area contributed by atoms with E-state index in [9.17, 15) is 9.59 Å². The van der Waals surface area contributed by atoms with Crippen LogP contribution >= 0.6 is 0 Å². The lowest BCUT2D eigenvalue weighted by molar-refractivity contribution is -0.115. The van der Waals surface area contributed by atoms with Crippen molar-refractivity contribution in [2.75, 3.05) is 38.7 Å². The van der Waals surface area contributed by atoms with E-state index in [0.29, 0.717) is 37.6 Å². The fourth-order valence-electron chi connectivity index (χ4n) is 2.81. The Morgan fingerprint density at radius 2 is 1.85 bits per heavy atom. The highest BCUT2D eigenvalue weighted by Gasteiger charge is 2.18. The average molecular weight is 354 g/mol. The van der Waals surface area contributed by atoms with Crippen LogP contribution in [0.5, 0.6) is 5.75 Å². The topological polar surface area (TPSA) is 67.9 Å². The number of ether oxygens (including phenoxy) is 2. The summed E-state index contributed by atoms with van der Waals surface area (Å²) < 4.78 is 10.4. The maximum Gasteiger partial charge on any atom is 0.254 e. The third kappa shape index (κ3) is 4.61. The molecule has 3 rings (SSSR count). The number of nitrogens with zero attached hydrogens (tertiary/aromatic N) is 1. The van der Waals surface area contributed by atoms with E-state index in [-0.39, 0.29) is 18.2 Å². The van der Waals surface area contributed by atoms with Gasteiger partial charge in [-0.05, 0) is 35.9 Å². The summed E-state index contributed by atoms with van der Waals surface area (Å²) in [5.74, 6) is 0.578. The Morgan fingerprint density at radius 3 is 2.54 bits per heavy atom. The monoisotopic (exact) mass is 354 g/mol. The zero-order chi connectivity index (χ0) is 18.4. The predicted octanol–water partition coefficient (Wildman–Crippen LogP) is 2.35. The highest BCUT2D eigenvalue weighted by atomic mass is 16.5. The fraction of sp³-hybridized carbons (Fsp3) is 0.300. The Labute approximate surface area is 152 Å². The number of rotatable bonds is 5. The highest BCUT2D eigenvalue weighted by Crippen LogP contribution is 2.15. The highest BCUT2D eigenvalue weighted by molar-refractivity contribution is 5.97. The van der Waals surface area contributed by atoms with Gasteiger partial charge >= 0.3 is 0 Å². The van der Waals surface area contributed by atoms with E-state index in [1.807, 2.05) is 24.3 Å². The quantitative estimate of drug-likeness (QED) is 0.895. The molecular weight excluding hydrogens is 332 g/mol. The molecule has 1 heterocycles. The minimum absolute atomic E-state index is 0.0421. The number of carbonyl (C=O) groups is 2. The fourth-order valence-corrected chi connectivity index (χ4v) is 2.81. The second-order valence-electron chi connectivity index (χ2n) is 6.06. The van der Waals surface area contributed by atoms with E-state index in [4.69, 9.17) is 9.47 Å². The molecule has 0 atom stereocenters. The van der Waals surface area contributed by atoms with Crippen molar-refractivity contribution in [1.29, 1.82) is 0 Å². The van der Waals surface area contributed by atoms with Crippen molar-refractivity contribution in [2.45, 2.75) is 6.42 Å². The maximum absolute atomic E-state index is 12.5. The largest absolute Gasteiger partial charge is 0.497 e. The number of hydrogen-bond acceptors (Lipinski definition) is 4. The minimum Gasteiger partial charge on any atom is -0.497 e. The first-order valence-electron chi connectivity index (χ1n) is 8.55. The van der Waals surface area contributed by atoms with Crippen molar-refractivity contribution in [3.05, 3.63) is 59.7 Å². The second kappa shape index (κ2) is 8.49. The van der Waals surface area contributed by atoms with Crippen LogP contribution in [0.3, 0.4) is 0 Å². The number of methoxy groups -OCH3 is 1. The molecular formula is C20H22N2O4. The van der Waals surface area contributed by atoms with Crippen LogP contribution in [0.4, 0.5) is 5.69 Å². The molecule has 1 fully saturated rings. The molecule has 6 nitrogen and oxygen atoms in total. The Morgan fingerprint density at radius 1 is 1.12 bits per heavy atom. The summed E-state index contributed by atoms with van der Waals surface area (Å²) in [6, 6.07) is 14.4. The van der Waals surface area contributed by atoms with Gasteiger partial charge in [0.05, 0.1) is 26.7 Å². The van der Waals surface area contributed by atoms with Gasteiger partial charge in [0.1, 0.15) is 5.75 Å². The summed E-state index contributed by atoms with van der Waals surface area (Å²) in [5.41, 5.74) is 2.07. The number of amides is 2. The molecule has 0 unspecified atom stereocenters. The van der Waals surface area contributed by atoms with Crippen molar-refractivity contribution in [3.63, 3.8) is 0 Å². The Hall–Kier alpha value is -2.86. The molecule has 0 aromatic heterocycles. The maximum atomic E-state index is 12.5. The molecule has 1 aliphatic rings. The van der Waals surface area contributed by atoms with Gasteiger partial charge in [-0.1, -0.05) is 18.2 Å². The van der Waals surface area contributed by atoms with Crippen LogP contribution in [-0.4, -0.2) is 50.1 Å². The number of morpholine rings is 1. The molecule has 6 heteroatoms. The number of benzene rings is 2. The third-order valence-electron chi connectivity index (χ3n) is 4.22. The van der Waals surface area contributed by atoms with Gasteiger partial charge in [-0.25, -0.2) is 0 Å². The molecule has 136 valence electrons. The van der Waals surface area contributed by atoms with Crippen LogP contribution in [0.25, 0.3) is 0 Å². The van der Waals surface area contributed by atoms with Crippen LogP contribution < -0.4 is 10.1 Å². The summed E-state index contributed by atoms with van der Waals surface area (Å²) in [7, 11) is 1.60. The summed E-state index contributed by atoms with van der Waals surface area (Å²) in [5, 5.41) is 2.85. The molecule has 1 saturated heterocycles. The summed E-state index contributed by atoms with van der Waals surface area (Å²) in [4.78, 5) is 26.6. The Balaban J connectivity index is 1.62. The number of hydrogen-bond donors (Lipinski definition) is 1. The Kier molecular flexibility index (Phi) is 5.86. The van der Waals surface area contributed by atoms with E-state index in [1.165, 1.54) is 0 Å². The molecule has 0 saturated carbocycles. The van der Waals surface area contributed by atoms with Gasteiger partial charge in [0.15, 0.2) is 0 Å². The van der Waals surface area contributed by atoms with E-state index >= 15 is 0 Å². The first kappa shape index (κ1) is 17.9. The molecule has 26 heavy (non-hydrogen) atoms. The summed E-state index contributed by atoms with van der Waals surface area (Å²) in [6.45, 7) is 2.30. The van der Waals surface area contributed by atoms with E-state index in [1.54, 1.807) is 36.3 Å². The molecule has 2 amide bonds. The average Bonchev–Trinajstić information content (AvgIpc) is 2.69. The predicted molar refractivity (Wildman–Crippen MR) is 98.5 cm³/mol. The van der Waals surface area contributed by atoms with Gasteiger partial charge in [0.2, 0.25) is 5.91 Å². The second-order valence-corrected chi connectivity index (χ2v) is 6.06. The standard InChI is InChI=1S/C20H22N2O4/c1-25-18-7-5-15(6-8-18)13-19(23)21-17-4-2-3-16(14-17)20(24)22-9-11-26-12-10-22/h2-8,14H,9-13H2,1H3,(H,21,23). The van der Waals surface area contributed by atoms with Gasteiger partial charge in [-0.15, -0.1) is 0 Å². The molecule has 2 aromatic rings. The lowest BCUT2D eigenvalue weighted by atomic mass is 10.1. The van der Waals surface area contributed by atoms with E-state index in [2.05, 4.69) is 5.32 Å². The smallest absolute Gasteiger partial charge is 0.254 e. The van der Waals surface area contributed by atoms with Crippen molar-refractivity contribution < 1.29 is 19.1 Å². The number of nitrogens with one attached hydrogen (secondary N) is 1. The third-order valence-corrected chi connectivity index (χ3v) is 4.22. The minimum atomic E-state index is -0.133. The molecule has 0 aliphatic carbocycles. The lowest BCUT2D eigenvalue weighted by Gasteiger charge is -2.27. The molecule has 0 radical (unpaired) electrons. The lowest BCUT2D eigenvalue weighted by Crippen LogP contribution is -2.40. The van der Waals surface area contributed by atoms with Crippen LogP contribution in [-0.2, 0) is 16.0 Å². The molecule has 0 bridgehead atoms. The van der Waals surface area contributed by atoms with Crippen molar-refractivity contribution in [1.82, 2.24) is 4.90 Å². The summed E-state index contributed by atoms with van der Waals surface area (Å²) >= 11 is 0. The molecule has 1 aliphatic heterocycles. The van der Waals surface area contributed by atoms with E-state index < -0.39 is 0 Å². The van der Waals surface area contributed by atoms with Crippen molar-refractivity contribution in [2.24, 2.45) is 0 Å². The van der Waals surface area contributed by atoms with Gasteiger partial charge in [-0.2, -0.15) is 0 Å². The van der Waals surface area contributed by atoms with Gasteiger partial charge < -0.3 is 19.7 Å². The molecule has 2 aromatic carbocycles. The van der Waals surface area contributed by atoms with Crippen LogP contribution in [0.1, 0.15) is 15.9 Å². The van der Waals surface area contributed by atoms with E-state index in [0.717, 1.165) is 11.3 Å². The van der Waals surface area contributed by atoms with Gasteiger partial charge in [0, 0.05) is 24.3 Å². The molecule has 0 spiro atoms. The van der Waals surface area contributed by atoms with Crippen LogP contribution in [0.2, 0.25) is 0 Å². The normalized spacial score (nSPS) is 14.0. The Bertz CT molecular complexity index is 768. The van der Waals surface area contributed by atoms with Crippen molar-refractivity contribution in [3.8, 4) is 5.75 Å². The van der Waals surface area contributed by atoms with Gasteiger partial charge in [-0.3, -0.25) is 9.59 Å².